The molecule has 1 aliphatic heterocycles. The van der Waals surface area contributed by atoms with Crippen LogP contribution in [0.5, 0.6) is 5.75 Å². The van der Waals surface area contributed by atoms with Crippen LogP contribution in [-0.2, 0) is 9.59 Å². The molecular formula is C15H19N3O3. The maximum Gasteiger partial charge on any atom is 0.273 e. The van der Waals surface area contributed by atoms with E-state index in [0.29, 0.717) is 24.8 Å². The van der Waals surface area contributed by atoms with E-state index in [-0.39, 0.29) is 0 Å². The van der Waals surface area contributed by atoms with Crippen LogP contribution in [0.3, 0.4) is 0 Å². The number of benzene rings is 1. The first kappa shape index (κ1) is 15.2. The molecule has 1 unspecified atom stereocenters. The lowest BCUT2D eigenvalue weighted by molar-refractivity contribution is -0.129. The Morgan fingerprint density at radius 1 is 1.29 bits per heavy atom. The molecule has 0 saturated carbocycles. The fourth-order valence-electron chi connectivity index (χ4n) is 1.90. The lowest BCUT2D eigenvalue weighted by Crippen LogP contribution is -2.52. The van der Waals surface area contributed by atoms with Crippen LogP contribution >= 0.6 is 0 Å². The minimum atomic E-state index is -1.20. The standard InChI is InChI=1S/C15H19N3O3/c1-9(2)10-3-5-11(6-4-10)21-8-7-12-17-14(19)13(16)15(20)18-12/h3-6,9,13H,7-8,16H2,1-2H3,(H,17,18,19,20). The highest BCUT2D eigenvalue weighted by molar-refractivity contribution is 6.18. The van der Waals surface area contributed by atoms with Gasteiger partial charge in [-0.3, -0.25) is 9.59 Å². The Morgan fingerprint density at radius 3 is 2.52 bits per heavy atom. The summed E-state index contributed by atoms with van der Waals surface area (Å²) in [5, 5.41) is 2.49. The number of hydrogen-bond donors (Lipinski definition) is 2. The molecule has 0 saturated heterocycles. The van der Waals surface area contributed by atoms with Gasteiger partial charge in [0.25, 0.3) is 11.8 Å². The Hall–Kier alpha value is -2.21. The van der Waals surface area contributed by atoms with Crippen LogP contribution < -0.4 is 15.8 Å². The summed E-state index contributed by atoms with van der Waals surface area (Å²) < 4.78 is 5.57. The van der Waals surface area contributed by atoms with Gasteiger partial charge >= 0.3 is 0 Å². The van der Waals surface area contributed by atoms with Gasteiger partial charge in [0.1, 0.15) is 11.6 Å². The highest BCUT2D eigenvalue weighted by Gasteiger charge is 2.27. The smallest absolute Gasteiger partial charge is 0.273 e. The van der Waals surface area contributed by atoms with E-state index in [9.17, 15) is 9.59 Å². The molecule has 2 rings (SSSR count). The summed E-state index contributed by atoms with van der Waals surface area (Å²) in [5.41, 5.74) is 6.58. The fourth-order valence-corrected chi connectivity index (χ4v) is 1.90. The highest BCUT2D eigenvalue weighted by atomic mass is 16.5. The van der Waals surface area contributed by atoms with Crippen molar-refractivity contribution in [1.29, 1.82) is 0 Å². The van der Waals surface area contributed by atoms with E-state index >= 15 is 0 Å². The van der Waals surface area contributed by atoms with E-state index in [1.54, 1.807) is 0 Å². The number of carbonyl (C=O) groups excluding carboxylic acids is 2. The molecule has 1 heterocycles. The molecule has 1 atom stereocenters. The van der Waals surface area contributed by atoms with Crippen molar-refractivity contribution in [2.75, 3.05) is 6.61 Å². The van der Waals surface area contributed by atoms with Crippen LogP contribution in [0.25, 0.3) is 0 Å². The zero-order valence-corrected chi connectivity index (χ0v) is 12.1. The van der Waals surface area contributed by atoms with Crippen LogP contribution in [0.15, 0.2) is 29.3 Å². The molecule has 1 aromatic rings. The number of nitrogens with one attached hydrogen (secondary N) is 1. The molecule has 2 amide bonds. The van der Waals surface area contributed by atoms with Gasteiger partial charge in [-0.1, -0.05) is 26.0 Å². The topological polar surface area (TPSA) is 93.8 Å². The van der Waals surface area contributed by atoms with Crippen molar-refractivity contribution in [1.82, 2.24) is 5.32 Å². The summed E-state index contributed by atoms with van der Waals surface area (Å²) in [4.78, 5) is 26.4. The van der Waals surface area contributed by atoms with Gasteiger partial charge in [-0.05, 0) is 23.6 Å². The maximum atomic E-state index is 11.4. The van der Waals surface area contributed by atoms with Crippen molar-refractivity contribution in [3.8, 4) is 5.75 Å². The average molecular weight is 289 g/mol. The second-order valence-electron chi connectivity index (χ2n) is 5.19. The van der Waals surface area contributed by atoms with E-state index in [4.69, 9.17) is 10.5 Å². The monoisotopic (exact) mass is 289 g/mol. The zero-order valence-electron chi connectivity index (χ0n) is 12.1. The van der Waals surface area contributed by atoms with Gasteiger partial charge in [-0.2, -0.15) is 4.99 Å². The van der Waals surface area contributed by atoms with E-state index in [1.165, 1.54) is 5.56 Å². The summed E-state index contributed by atoms with van der Waals surface area (Å²) in [6.07, 6.45) is 0.343. The van der Waals surface area contributed by atoms with Crippen LogP contribution in [0, 0.1) is 0 Å². The molecule has 6 nitrogen and oxygen atoms in total. The summed E-state index contributed by atoms with van der Waals surface area (Å²) in [7, 11) is 0. The first-order chi connectivity index (χ1) is 9.97. The first-order valence-electron chi connectivity index (χ1n) is 6.88. The molecule has 3 N–H and O–H groups in total. The van der Waals surface area contributed by atoms with Crippen molar-refractivity contribution in [3.63, 3.8) is 0 Å². The normalized spacial score (nSPS) is 18.5. The lowest BCUT2D eigenvalue weighted by Gasteiger charge is -2.17. The summed E-state index contributed by atoms with van der Waals surface area (Å²) in [5.74, 6) is 0.373. The van der Waals surface area contributed by atoms with Gasteiger partial charge in [0.05, 0.1) is 6.61 Å². The van der Waals surface area contributed by atoms with Gasteiger partial charge in [0.2, 0.25) is 0 Å². The van der Waals surface area contributed by atoms with Crippen molar-refractivity contribution < 1.29 is 14.3 Å². The SMILES string of the molecule is CC(C)c1ccc(OCCC2=NC(=O)C(N)C(=O)N2)cc1. The number of amides is 2. The third-order valence-electron chi connectivity index (χ3n) is 3.22. The summed E-state index contributed by atoms with van der Waals surface area (Å²) in [6.45, 7) is 4.58. The molecule has 0 aliphatic carbocycles. The number of ether oxygens (including phenoxy) is 1. The zero-order chi connectivity index (χ0) is 15.4. The van der Waals surface area contributed by atoms with Gasteiger partial charge < -0.3 is 15.8 Å². The van der Waals surface area contributed by atoms with E-state index in [1.807, 2.05) is 24.3 Å². The first-order valence-corrected chi connectivity index (χ1v) is 6.88. The van der Waals surface area contributed by atoms with Crippen LogP contribution in [0.4, 0.5) is 0 Å². The third kappa shape index (κ3) is 3.88. The molecule has 0 fully saturated rings. The molecular weight excluding hydrogens is 270 g/mol. The number of nitrogens with zero attached hydrogens (tertiary/aromatic N) is 1. The Morgan fingerprint density at radius 2 is 1.95 bits per heavy atom. The maximum absolute atomic E-state index is 11.4. The lowest BCUT2D eigenvalue weighted by atomic mass is 10.0. The molecule has 0 aromatic heterocycles. The van der Waals surface area contributed by atoms with Gasteiger partial charge in [-0.15, -0.1) is 0 Å². The van der Waals surface area contributed by atoms with Gasteiger partial charge in [-0.25, -0.2) is 0 Å². The van der Waals surface area contributed by atoms with Crippen molar-refractivity contribution >= 4 is 17.6 Å². The second-order valence-corrected chi connectivity index (χ2v) is 5.19. The van der Waals surface area contributed by atoms with E-state index in [2.05, 4.69) is 24.2 Å². The number of nitrogens with two attached hydrogens (primary N) is 1. The molecule has 21 heavy (non-hydrogen) atoms. The number of carbonyl (C=O) groups is 2. The van der Waals surface area contributed by atoms with E-state index in [0.717, 1.165) is 5.75 Å². The van der Waals surface area contributed by atoms with Crippen molar-refractivity contribution in [2.24, 2.45) is 10.7 Å². The highest BCUT2D eigenvalue weighted by Crippen LogP contribution is 2.18. The molecule has 1 aromatic carbocycles. The van der Waals surface area contributed by atoms with Crippen LogP contribution in [-0.4, -0.2) is 30.3 Å². The molecule has 0 bridgehead atoms. The molecule has 1 aliphatic rings. The molecule has 112 valence electrons. The quantitative estimate of drug-likeness (QED) is 0.789. The molecule has 0 spiro atoms. The van der Waals surface area contributed by atoms with Crippen molar-refractivity contribution in [3.05, 3.63) is 29.8 Å². The number of amidine groups is 1. The van der Waals surface area contributed by atoms with Crippen LogP contribution in [0.2, 0.25) is 0 Å². The van der Waals surface area contributed by atoms with Crippen LogP contribution in [0.1, 0.15) is 31.7 Å². The fraction of sp³-hybridized carbons (Fsp3) is 0.400. The largest absolute Gasteiger partial charge is 0.493 e. The third-order valence-corrected chi connectivity index (χ3v) is 3.22. The Bertz CT molecular complexity index is 564. The Balaban J connectivity index is 1.86. The Labute approximate surface area is 123 Å². The number of rotatable bonds is 5. The molecule has 0 radical (unpaired) electrons. The van der Waals surface area contributed by atoms with E-state index < -0.39 is 17.9 Å². The summed E-state index contributed by atoms with van der Waals surface area (Å²) in [6, 6.07) is 6.64. The predicted octanol–water partition coefficient (Wildman–Crippen LogP) is 0.961. The second kappa shape index (κ2) is 6.49. The average Bonchev–Trinajstić information content (AvgIpc) is 2.45. The van der Waals surface area contributed by atoms with Crippen molar-refractivity contribution in [2.45, 2.75) is 32.2 Å². The number of aliphatic imine (C=N–C) groups is 1. The Kier molecular flexibility index (Phi) is 4.70. The minimum absolute atomic E-state index is 0.297. The minimum Gasteiger partial charge on any atom is -0.493 e. The predicted molar refractivity (Wildman–Crippen MR) is 79.2 cm³/mol. The van der Waals surface area contributed by atoms with Gasteiger partial charge in [0, 0.05) is 6.42 Å². The summed E-state index contributed by atoms with van der Waals surface area (Å²) >= 11 is 0. The number of hydrogen-bond acceptors (Lipinski definition) is 4. The van der Waals surface area contributed by atoms with Gasteiger partial charge in [0.15, 0.2) is 6.04 Å². The molecule has 6 heteroatoms.